The van der Waals surface area contributed by atoms with Gasteiger partial charge in [0.2, 0.25) is 5.91 Å². The Morgan fingerprint density at radius 2 is 2.07 bits per heavy atom. The number of aliphatic hydroxyl groups is 2. The average molecular weight is 235 g/mol. The van der Waals surface area contributed by atoms with Crippen LogP contribution in [0.4, 0.5) is 0 Å². The lowest BCUT2D eigenvalue weighted by molar-refractivity contribution is -0.122. The smallest absolute Gasteiger partial charge is 0.220 e. The zero-order chi connectivity index (χ0) is 11.8. The maximum absolute atomic E-state index is 11.4. The van der Waals surface area contributed by atoms with Crippen LogP contribution >= 0.6 is 11.8 Å². The molecule has 0 aliphatic carbocycles. The van der Waals surface area contributed by atoms with Crippen molar-refractivity contribution in [1.29, 1.82) is 0 Å². The Balaban J connectivity index is 3.84. The first-order valence-electron chi connectivity index (χ1n) is 5.12. The summed E-state index contributed by atoms with van der Waals surface area (Å²) in [6, 6.07) is -0.0495. The number of hydrogen-bond acceptors (Lipinski definition) is 4. The van der Waals surface area contributed by atoms with Gasteiger partial charge in [-0.25, -0.2) is 0 Å². The summed E-state index contributed by atoms with van der Waals surface area (Å²) in [6.07, 6.45) is 2.26. The molecule has 3 atom stereocenters. The summed E-state index contributed by atoms with van der Waals surface area (Å²) in [4.78, 5) is 11.4. The Hall–Kier alpha value is -0.260. The number of hydrogen-bond donors (Lipinski definition) is 3. The number of carbonyl (C=O) groups excluding carboxylic acids is 1. The standard InChI is InChI=1S/C10H21NO3S/c1-7(13)4-5-10(14)11-8(2)9(6-12)15-3/h7-9,12-13H,4-6H2,1-3H3,(H,11,14). The molecule has 0 heterocycles. The van der Waals surface area contributed by atoms with Gasteiger partial charge in [-0.3, -0.25) is 4.79 Å². The fourth-order valence-corrected chi connectivity index (χ4v) is 1.82. The number of amides is 1. The van der Waals surface area contributed by atoms with Crippen molar-refractivity contribution in [3.8, 4) is 0 Å². The molecule has 5 heteroatoms. The van der Waals surface area contributed by atoms with E-state index in [0.29, 0.717) is 12.8 Å². The topological polar surface area (TPSA) is 69.6 Å². The van der Waals surface area contributed by atoms with Gasteiger partial charge in [-0.05, 0) is 26.5 Å². The van der Waals surface area contributed by atoms with E-state index in [0.717, 1.165) is 0 Å². The average Bonchev–Trinajstić information content (AvgIpc) is 2.16. The first-order chi connectivity index (χ1) is 7.01. The van der Waals surface area contributed by atoms with Crippen LogP contribution in [0, 0.1) is 0 Å². The molecule has 0 rings (SSSR count). The molecule has 4 nitrogen and oxygen atoms in total. The number of nitrogens with one attached hydrogen (secondary N) is 1. The van der Waals surface area contributed by atoms with E-state index >= 15 is 0 Å². The minimum atomic E-state index is -0.444. The van der Waals surface area contributed by atoms with Crippen molar-refractivity contribution >= 4 is 17.7 Å². The van der Waals surface area contributed by atoms with E-state index in [1.54, 1.807) is 6.92 Å². The number of aliphatic hydroxyl groups excluding tert-OH is 2. The quantitative estimate of drug-likeness (QED) is 0.596. The Labute approximate surface area is 95.4 Å². The summed E-state index contributed by atoms with van der Waals surface area (Å²) in [7, 11) is 0. The van der Waals surface area contributed by atoms with E-state index in [4.69, 9.17) is 10.2 Å². The van der Waals surface area contributed by atoms with E-state index in [1.165, 1.54) is 11.8 Å². The van der Waals surface area contributed by atoms with Crippen molar-refractivity contribution in [2.24, 2.45) is 0 Å². The van der Waals surface area contributed by atoms with Crippen molar-refractivity contribution in [2.75, 3.05) is 12.9 Å². The third kappa shape index (κ3) is 6.76. The highest BCUT2D eigenvalue weighted by Crippen LogP contribution is 2.10. The molecule has 3 N–H and O–H groups in total. The molecule has 0 aromatic rings. The lowest BCUT2D eigenvalue weighted by atomic mass is 10.2. The van der Waals surface area contributed by atoms with Crippen LogP contribution in [0.1, 0.15) is 26.7 Å². The maximum Gasteiger partial charge on any atom is 0.220 e. The predicted octanol–water partition coefficient (Wildman–Crippen LogP) is 0.376. The molecule has 0 saturated carbocycles. The van der Waals surface area contributed by atoms with E-state index in [2.05, 4.69) is 5.32 Å². The minimum Gasteiger partial charge on any atom is -0.395 e. The largest absolute Gasteiger partial charge is 0.395 e. The molecular weight excluding hydrogens is 214 g/mol. The van der Waals surface area contributed by atoms with Gasteiger partial charge in [0, 0.05) is 17.7 Å². The monoisotopic (exact) mass is 235 g/mol. The second kappa shape index (κ2) is 7.96. The van der Waals surface area contributed by atoms with Crippen LogP contribution in [0.3, 0.4) is 0 Å². The van der Waals surface area contributed by atoms with Crippen LogP contribution in [0.2, 0.25) is 0 Å². The summed E-state index contributed by atoms with van der Waals surface area (Å²) in [5, 5.41) is 20.9. The van der Waals surface area contributed by atoms with E-state index in [-0.39, 0.29) is 23.8 Å². The second-order valence-corrected chi connectivity index (χ2v) is 4.78. The fourth-order valence-electron chi connectivity index (χ4n) is 1.20. The lowest BCUT2D eigenvalue weighted by Gasteiger charge is -2.21. The zero-order valence-corrected chi connectivity index (χ0v) is 10.4. The van der Waals surface area contributed by atoms with Crippen LogP contribution in [-0.2, 0) is 4.79 Å². The molecule has 90 valence electrons. The van der Waals surface area contributed by atoms with Crippen LogP contribution in [0.15, 0.2) is 0 Å². The maximum atomic E-state index is 11.4. The third-order valence-corrected chi connectivity index (χ3v) is 3.38. The molecular formula is C10H21NO3S. The SMILES string of the molecule is CSC(CO)C(C)NC(=O)CCC(C)O. The molecule has 0 spiro atoms. The molecule has 0 bridgehead atoms. The summed E-state index contributed by atoms with van der Waals surface area (Å²) in [5.41, 5.74) is 0. The third-order valence-electron chi connectivity index (χ3n) is 2.22. The van der Waals surface area contributed by atoms with Crippen molar-refractivity contribution in [1.82, 2.24) is 5.32 Å². The van der Waals surface area contributed by atoms with Gasteiger partial charge in [0.15, 0.2) is 0 Å². The normalized spacial score (nSPS) is 16.9. The molecule has 0 fully saturated rings. The molecule has 0 saturated heterocycles. The van der Waals surface area contributed by atoms with Gasteiger partial charge < -0.3 is 15.5 Å². The number of thioether (sulfide) groups is 1. The number of rotatable bonds is 7. The summed E-state index contributed by atoms with van der Waals surface area (Å²) < 4.78 is 0. The van der Waals surface area contributed by atoms with Gasteiger partial charge in [-0.2, -0.15) is 11.8 Å². The Morgan fingerprint density at radius 3 is 2.47 bits per heavy atom. The van der Waals surface area contributed by atoms with Crippen LogP contribution in [0.25, 0.3) is 0 Å². The predicted molar refractivity (Wildman–Crippen MR) is 62.9 cm³/mol. The summed E-state index contributed by atoms with van der Waals surface area (Å²) in [5.74, 6) is -0.0732. The van der Waals surface area contributed by atoms with Crippen molar-refractivity contribution in [3.05, 3.63) is 0 Å². The molecule has 0 radical (unpaired) electrons. The molecule has 3 unspecified atom stereocenters. The zero-order valence-electron chi connectivity index (χ0n) is 9.56. The van der Waals surface area contributed by atoms with Gasteiger partial charge in [0.25, 0.3) is 0 Å². The van der Waals surface area contributed by atoms with Crippen LogP contribution < -0.4 is 5.32 Å². The van der Waals surface area contributed by atoms with Gasteiger partial charge in [-0.15, -0.1) is 0 Å². The van der Waals surface area contributed by atoms with Crippen LogP contribution in [-0.4, -0.2) is 46.4 Å². The van der Waals surface area contributed by atoms with Gasteiger partial charge in [0.05, 0.1) is 12.7 Å². The van der Waals surface area contributed by atoms with E-state index in [9.17, 15) is 4.79 Å². The Kier molecular flexibility index (Phi) is 7.82. The van der Waals surface area contributed by atoms with Crippen LogP contribution in [0.5, 0.6) is 0 Å². The number of carbonyl (C=O) groups is 1. The minimum absolute atomic E-state index is 0.0282. The van der Waals surface area contributed by atoms with E-state index < -0.39 is 6.10 Å². The highest BCUT2D eigenvalue weighted by atomic mass is 32.2. The van der Waals surface area contributed by atoms with E-state index in [1.807, 2.05) is 13.2 Å². The fraction of sp³-hybridized carbons (Fsp3) is 0.900. The molecule has 15 heavy (non-hydrogen) atoms. The van der Waals surface area contributed by atoms with Crippen molar-refractivity contribution in [3.63, 3.8) is 0 Å². The van der Waals surface area contributed by atoms with Gasteiger partial charge in [0.1, 0.15) is 0 Å². The Bertz CT molecular complexity index is 184. The Morgan fingerprint density at radius 1 is 1.47 bits per heavy atom. The highest BCUT2D eigenvalue weighted by Gasteiger charge is 2.17. The molecule has 0 aromatic carbocycles. The molecule has 1 amide bonds. The second-order valence-electron chi connectivity index (χ2n) is 3.70. The van der Waals surface area contributed by atoms with Gasteiger partial charge in [-0.1, -0.05) is 0 Å². The molecule has 0 aliphatic rings. The highest BCUT2D eigenvalue weighted by molar-refractivity contribution is 7.99. The van der Waals surface area contributed by atoms with Crippen molar-refractivity contribution < 1.29 is 15.0 Å². The lowest BCUT2D eigenvalue weighted by Crippen LogP contribution is -2.41. The summed E-state index contributed by atoms with van der Waals surface area (Å²) >= 11 is 1.53. The van der Waals surface area contributed by atoms with Gasteiger partial charge >= 0.3 is 0 Å². The first-order valence-corrected chi connectivity index (χ1v) is 6.41. The molecule has 0 aromatic heterocycles. The first kappa shape index (κ1) is 14.7. The van der Waals surface area contributed by atoms with Crippen molar-refractivity contribution in [2.45, 2.75) is 44.1 Å². The summed E-state index contributed by atoms with van der Waals surface area (Å²) in [6.45, 7) is 3.59. The molecule has 0 aliphatic heterocycles.